The molecule has 23 heavy (non-hydrogen) atoms. The molecule has 0 spiro atoms. The van der Waals surface area contributed by atoms with E-state index in [0.29, 0.717) is 19.0 Å². The molecule has 0 saturated carbocycles. The summed E-state index contributed by atoms with van der Waals surface area (Å²) in [5.74, 6) is 1.59. The van der Waals surface area contributed by atoms with Crippen LogP contribution in [-0.2, 0) is 6.54 Å². The Morgan fingerprint density at radius 2 is 1.91 bits per heavy atom. The van der Waals surface area contributed by atoms with Crippen molar-refractivity contribution in [3.8, 4) is 5.75 Å². The maximum atomic E-state index is 9.98. The fourth-order valence-corrected chi connectivity index (χ4v) is 2.78. The van der Waals surface area contributed by atoms with E-state index in [1.54, 1.807) is 6.92 Å². The fourth-order valence-electron chi connectivity index (χ4n) is 2.78. The average Bonchev–Trinajstić information content (AvgIpc) is 2.91. The summed E-state index contributed by atoms with van der Waals surface area (Å²) in [4.78, 5) is 4.53. The standard InChI is InChI=1S/C19H22N2O2/c1-13-7-6-10-18(14(13)2)23-12-11-21-17-9-5-4-8-16(17)20-19(21)15(3)22/h4-10,15,22H,11-12H2,1-3H3. The summed E-state index contributed by atoms with van der Waals surface area (Å²) in [5, 5.41) is 9.98. The summed E-state index contributed by atoms with van der Waals surface area (Å²) in [6.45, 7) is 7.07. The molecular formula is C19H22N2O2. The molecule has 0 amide bonds. The van der Waals surface area contributed by atoms with E-state index in [0.717, 1.165) is 16.8 Å². The molecule has 2 aromatic carbocycles. The fraction of sp³-hybridized carbons (Fsp3) is 0.316. The van der Waals surface area contributed by atoms with Crippen LogP contribution in [0.5, 0.6) is 5.75 Å². The molecule has 4 heteroatoms. The summed E-state index contributed by atoms with van der Waals surface area (Å²) in [6, 6.07) is 14.0. The van der Waals surface area contributed by atoms with Crippen LogP contribution in [0.15, 0.2) is 42.5 Å². The van der Waals surface area contributed by atoms with Crippen molar-refractivity contribution in [1.29, 1.82) is 0 Å². The maximum absolute atomic E-state index is 9.98. The molecule has 1 unspecified atom stereocenters. The Hall–Kier alpha value is -2.33. The van der Waals surface area contributed by atoms with Crippen LogP contribution in [0, 0.1) is 13.8 Å². The van der Waals surface area contributed by atoms with Gasteiger partial charge in [-0.3, -0.25) is 0 Å². The molecule has 1 N–H and O–H groups in total. The van der Waals surface area contributed by atoms with Crippen molar-refractivity contribution < 1.29 is 9.84 Å². The minimum Gasteiger partial charge on any atom is -0.491 e. The van der Waals surface area contributed by atoms with Crippen LogP contribution in [-0.4, -0.2) is 21.3 Å². The first-order valence-corrected chi connectivity index (χ1v) is 7.90. The van der Waals surface area contributed by atoms with Gasteiger partial charge in [-0.15, -0.1) is 0 Å². The molecule has 3 rings (SSSR count). The predicted molar refractivity (Wildman–Crippen MR) is 91.8 cm³/mol. The second-order valence-corrected chi connectivity index (χ2v) is 5.83. The van der Waals surface area contributed by atoms with E-state index in [1.165, 1.54) is 11.1 Å². The summed E-state index contributed by atoms with van der Waals surface area (Å²) in [7, 11) is 0. The molecule has 1 aromatic heterocycles. The number of ether oxygens (including phenoxy) is 1. The largest absolute Gasteiger partial charge is 0.491 e. The number of aromatic nitrogens is 2. The van der Waals surface area contributed by atoms with E-state index >= 15 is 0 Å². The van der Waals surface area contributed by atoms with E-state index in [1.807, 2.05) is 41.0 Å². The van der Waals surface area contributed by atoms with Gasteiger partial charge < -0.3 is 14.4 Å². The van der Waals surface area contributed by atoms with Crippen molar-refractivity contribution in [2.45, 2.75) is 33.4 Å². The smallest absolute Gasteiger partial charge is 0.138 e. The normalized spacial score (nSPS) is 12.5. The lowest BCUT2D eigenvalue weighted by Crippen LogP contribution is -2.13. The molecule has 0 aliphatic rings. The average molecular weight is 310 g/mol. The van der Waals surface area contributed by atoms with Gasteiger partial charge in [0.15, 0.2) is 0 Å². The zero-order valence-electron chi connectivity index (χ0n) is 13.8. The van der Waals surface area contributed by atoms with Gasteiger partial charge in [0, 0.05) is 0 Å². The Morgan fingerprint density at radius 1 is 1.13 bits per heavy atom. The predicted octanol–water partition coefficient (Wildman–Crippen LogP) is 3.79. The zero-order valence-corrected chi connectivity index (χ0v) is 13.8. The van der Waals surface area contributed by atoms with E-state index in [2.05, 4.69) is 24.9 Å². The van der Waals surface area contributed by atoms with Gasteiger partial charge in [-0.05, 0) is 50.1 Å². The number of hydrogen-bond acceptors (Lipinski definition) is 3. The van der Waals surface area contributed by atoms with Crippen LogP contribution in [0.4, 0.5) is 0 Å². The second-order valence-electron chi connectivity index (χ2n) is 5.83. The van der Waals surface area contributed by atoms with Gasteiger partial charge >= 0.3 is 0 Å². The van der Waals surface area contributed by atoms with Crippen LogP contribution in [0.2, 0.25) is 0 Å². The molecule has 0 radical (unpaired) electrons. The number of rotatable bonds is 5. The minimum absolute atomic E-state index is 0.532. The number of benzene rings is 2. The Labute approximate surface area is 136 Å². The second kappa shape index (κ2) is 6.42. The van der Waals surface area contributed by atoms with Gasteiger partial charge in [0.05, 0.1) is 17.6 Å². The first-order valence-electron chi connectivity index (χ1n) is 7.90. The molecular weight excluding hydrogens is 288 g/mol. The Morgan fingerprint density at radius 3 is 2.70 bits per heavy atom. The highest BCUT2D eigenvalue weighted by Crippen LogP contribution is 2.22. The van der Waals surface area contributed by atoms with Crippen molar-refractivity contribution in [2.75, 3.05) is 6.61 Å². The number of aliphatic hydroxyl groups excluding tert-OH is 1. The number of para-hydroxylation sites is 2. The molecule has 4 nitrogen and oxygen atoms in total. The Kier molecular flexibility index (Phi) is 4.35. The number of imidazole rings is 1. The van der Waals surface area contributed by atoms with Crippen molar-refractivity contribution in [2.24, 2.45) is 0 Å². The van der Waals surface area contributed by atoms with Crippen LogP contribution in [0.1, 0.15) is 30.0 Å². The first kappa shape index (κ1) is 15.6. The van der Waals surface area contributed by atoms with Gasteiger partial charge in [0.1, 0.15) is 24.3 Å². The van der Waals surface area contributed by atoms with E-state index in [9.17, 15) is 5.11 Å². The van der Waals surface area contributed by atoms with Crippen LogP contribution < -0.4 is 4.74 Å². The molecule has 1 atom stereocenters. The van der Waals surface area contributed by atoms with Gasteiger partial charge in [0.25, 0.3) is 0 Å². The summed E-state index contributed by atoms with van der Waals surface area (Å²) in [5.41, 5.74) is 4.31. The first-order chi connectivity index (χ1) is 11.1. The molecule has 0 fully saturated rings. The summed E-state index contributed by atoms with van der Waals surface area (Å²) in [6.07, 6.45) is -0.608. The quantitative estimate of drug-likeness (QED) is 0.780. The minimum atomic E-state index is -0.608. The number of hydrogen-bond donors (Lipinski definition) is 1. The van der Waals surface area contributed by atoms with Crippen LogP contribution in [0.25, 0.3) is 11.0 Å². The number of aryl methyl sites for hydroxylation is 1. The highest BCUT2D eigenvalue weighted by Gasteiger charge is 2.14. The van der Waals surface area contributed by atoms with Crippen LogP contribution in [0.3, 0.4) is 0 Å². The third kappa shape index (κ3) is 3.08. The van der Waals surface area contributed by atoms with Gasteiger partial charge in [-0.2, -0.15) is 0 Å². The molecule has 120 valence electrons. The Bertz CT molecular complexity index is 821. The van der Waals surface area contributed by atoms with Crippen molar-refractivity contribution in [3.05, 3.63) is 59.4 Å². The van der Waals surface area contributed by atoms with Crippen molar-refractivity contribution in [3.63, 3.8) is 0 Å². The van der Waals surface area contributed by atoms with E-state index in [4.69, 9.17) is 4.74 Å². The lowest BCUT2D eigenvalue weighted by molar-refractivity contribution is 0.181. The third-order valence-corrected chi connectivity index (χ3v) is 4.19. The Balaban J connectivity index is 1.81. The summed E-state index contributed by atoms with van der Waals surface area (Å²) >= 11 is 0. The van der Waals surface area contributed by atoms with E-state index in [-0.39, 0.29) is 0 Å². The number of fused-ring (bicyclic) bond motifs is 1. The van der Waals surface area contributed by atoms with Crippen molar-refractivity contribution >= 4 is 11.0 Å². The molecule has 0 aliphatic heterocycles. The molecule has 0 aliphatic carbocycles. The lowest BCUT2D eigenvalue weighted by Gasteiger charge is -2.14. The van der Waals surface area contributed by atoms with Crippen LogP contribution >= 0.6 is 0 Å². The number of nitrogens with zero attached hydrogens (tertiary/aromatic N) is 2. The number of aliphatic hydroxyl groups is 1. The van der Waals surface area contributed by atoms with Gasteiger partial charge in [-0.25, -0.2) is 4.98 Å². The van der Waals surface area contributed by atoms with E-state index < -0.39 is 6.10 Å². The van der Waals surface area contributed by atoms with Gasteiger partial charge in [-0.1, -0.05) is 24.3 Å². The van der Waals surface area contributed by atoms with Gasteiger partial charge in [0.2, 0.25) is 0 Å². The monoisotopic (exact) mass is 310 g/mol. The topological polar surface area (TPSA) is 47.3 Å². The SMILES string of the molecule is Cc1cccc(OCCn2c(C(C)O)nc3ccccc32)c1C. The lowest BCUT2D eigenvalue weighted by atomic mass is 10.1. The molecule has 3 aromatic rings. The van der Waals surface area contributed by atoms with Crippen molar-refractivity contribution in [1.82, 2.24) is 9.55 Å². The third-order valence-electron chi connectivity index (χ3n) is 4.19. The highest BCUT2D eigenvalue weighted by atomic mass is 16.5. The zero-order chi connectivity index (χ0) is 16.4. The molecule has 1 heterocycles. The molecule has 0 bridgehead atoms. The molecule has 0 saturated heterocycles. The summed E-state index contributed by atoms with van der Waals surface area (Å²) < 4.78 is 7.98. The maximum Gasteiger partial charge on any atom is 0.138 e. The highest BCUT2D eigenvalue weighted by molar-refractivity contribution is 5.76.